The van der Waals surface area contributed by atoms with Crippen molar-refractivity contribution in [3.63, 3.8) is 0 Å². The molecule has 2 rings (SSSR count). The Hall–Kier alpha value is -2.09. The van der Waals surface area contributed by atoms with Crippen molar-refractivity contribution in [1.29, 1.82) is 0 Å². The van der Waals surface area contributed by atoms with Gasteiger partial charge >= 0.3 is 0 Å². The first-order valence-corrected chi connectivity index (χ1v) is 7.20. The molecule has 0 heterocycles. The lowest BCUT2D eigenvalue weighted by Gasteiger charge is -2.05. The van der Waals surface area contributed by atoms with Crippen molar-refractivity contribution in [3.05, 3.63) is 65.7 Å². The van der Waals surface area contributed by atoms with Crippen molar-refractivity contribution in [1.82, 2.24) is 0 Å². The Kier molecular flexibility index (Phi) is 5.36. The molecule has 0 saturated carbocycles. The second kappa shape index (κ2) is 7.49. The van der Waals surface area contributed by atoms with Crippen molar-refractivity contribution >= 4 is 11.5 Å². The van der Waals surface area contributed by atoms with Crippen molar-refractivity contribution in [2.45, 2.75) is 26.2 Å². The molecule has 20 heavy (non-hydrogen) atoms. The molecule has 0 unspecified atom stereocenters. The fourth-order valence-corrected chi connectivity index (χ4v) is 2.21. The van der Waals surface area contributed by atoms with Gasteiger partial charge in [-0.25, -0.2) is 0 Å². The number of ketones is 1. The molecule has 0 bridgehead atoms. The van der Waals surface area contributed by atoms with Gasteiger partial charge in [0.05, 0.1) is 0 Å². The second-order valence-corrected chi connectivity index (χ2v) is 4.87. The highest BCUT2D eigenvalue weighted by Crippen LogP contribution is 2.13. The number of hydrogen-bond acceptors (Lipinski definition) is 2. The standard InChI is InChI=1S/C18H21NO/c1-2-19-17-13-11-15(12-14-17)7-6-10-18(20)16-8-4-3-5-9-16/h3-5,8-9,11-14,19H,2,6-7,10H2,1H3. The van der Waals surface area contributed by atoms with Crippen molar-refractivity contribution in [3.8, 4) is 0 Å². The van der Waals surface area contributed by atoms with E-state index in [-0.39, 0.29) is 5.78 Å². The highest BCUT2D eigenvalue weighted by Gasteiger charge is 2.04. The van der Waals surface area contributed by atoms with E-state index in [0.29, 0.717) is 6.42 Å². The minimum atomic E-state index is 0.231. The molecule has 0 spiro atoms. The summed E-state index contributed by atoms with van der Waals surface area (Å²) in [6.45, 7) is 3.02. The van der Waals surface area contributed by atoms with Crippen LogP contribution in [0.25, 0.3) is 0 Å². The van der Waals surface area contributed by atoms with Gasteiger partial charge in [-0.05, 0) is 37.5 Å². The first kappa shape index (κ1) is 14.3. The zero-order valence-electron chi connectivity index (χ0n) is 11.9. The smallest absolute Gasteiger partial charge is 0.162 e. The van der Waals surface area contributed by atoms with E-state index in [0.717, 1.165) is 30.6 Å². The van der Waals surface area contributed by atoms with Crippen LogP contribution in [-0.2, 0) is 6.42 Å². The summed E-state index contributed by atoms with van der Waals surface area (Å²) in [7, 11) is 0. The zero-order chi connectivity index (χ0) is 14.2. The van der Waals surface area contributed by atoms with Gasteiger partial charge in [0, 0.05) is 24.2 Å². The van der Waals surface area contributed by atoms with Crippen molar-refractivity contribution in [2.24, 2.45) is 0 Å². The third-order valence-electron chi connectivity index (χ3n) is 3.30. The molecule has 0 amide bonds. The van der Waals surface area contributed by atoms with Crippen LogP contribution < -0.4 is 5.32 Å². The highest BCUT2D eigenvalue weighted by atomic mass is 16.1. The number of carbonyl (C=O) groups is 1. The van der Waals surface area contributed by atoms with Crippen LogP contribution >= 0.6 is 0 Å². The minimum Gasteiger partial charge on any atom is -0.385 e. The third-order valence-corrected chi connectivity index (χ3v) is 3.30. The van der Waals surface area contributed by atoms with Gasteiger partial charge in [0.25, 0.3) is 0 Å². The van der Waals surface area contributed by atoms with Gasteiger partial charge in [-0.2, -0.15) is 0 Å². The number of nitrogens with one attached hydrogen (secondary N) is 1. The van der Waals surface area contributed by atoms with Crippen LogP contribution in [0.2, 0.25) is 0 Å². The Morgan fingerprint density at radius 1 is 1.00 bits per heavy atom. The molecule has 104 valence electrons. The number of benzene rings is 2. The van der Waals surface area contributed by atoms with Gasteiger partial charge in [0.15, 0.2) is 5.78 Å². The van der Waals surface area contributed by atoms with Gasteiger partial charge in [0.1, 0.15) is 0 Å². The number of hydrogen-bond donors (Lipinski definition) is 1. The van der Waals surface area contributed by atoms with Crippen LogP contribution in [0, 0.1) is 0 Å². The molecule has 2 aromatic carbocycles. The topological polar surface area (TPSA) is 29.1 Å². The Bertz CT molecular complexity index is 531. The normalized spacial score (nSPS) is 10.2. The Morgan fingerprint density at radius 2 is 1.70 bits per heavy atom. The van der Waals surface area contributed by atoms with Gasteiger partial charge in [-0.1, -0.05) is 42.5 Å². The SMILES string of the molecule is CCNc1ccc(CCCC(=O)c2ccccc2)cc1. The van der Waals surface area contributed by atoms with E-state index in [1.54, 1.807) is 0 Å². The lowest BCUT2D eigenvalue weighted by Crippen LogP contribution is -2.00. The average molecular weight is 267 g/mol. The summed E-state index contributed by atoms with van der Waals surface area (Å²) in [6.07, 6.45) is 2.46. The lowest BCUT2D eigenvalue weighted by atomic mass is 10.0. The molecule has 0 fully saturated rings. The maximum atomic E-state index is 12.0. The summed E-state index contributed by atoms with van der Waals surface area (Å²) < 4.78 is 0. The Labute approximate surface area is 120 Å². The predicted molar refractivity (Wildman–Crippen MR) is 84.3 cm³/mol. The molecule has 0 aliphatic carbocycles. The quantitative estimate of drug-likeness (QED) is 0.757. The summed E-state index contributed by atoms with van der Waals surface area (Å²) in [6, 6.07) is 18.0. The molecular formula is C18H21NO. The predicted octanol–water partition coefficient (Wildman–Crippen LogP) is 4.32. The number of anilines is 1. The van der Waals surface area contributed by atoms with Crippen LogP contribution in [-0.4, -0.2) is 12.3 Å². The van der Waals surface area contributed by atoms with Crippen LogP contribution in [0.3, 0.4) is 0 Å². The molecule has 0 atom stereocenters. The summed E-state index contributed by atoms with van der Waals surface area (Å²) in [5.41, 5.74) is 3.25. The van der Waals surface area contributed by atoms with Crippen LogP contribution in [0.4, 0.5) is 5.69 Å². The molecular weight excluding hydrogens is 246 g/mol. The molecule has 1 N–H and O–H groups in total. The van der Waals surface area contributed by atoms with E-state index in [4.69, 9.17) is 0 Å². The van der Waals surface area contributed by atoms with Gasteiger partial charge in [0.2, 0.25) is 0 Å². The average Bonchev–Trinajstić information content (AvgIpc) is 2.50. The number of Topliss-reactive ketones (excluding diaryl/α,β-unsaturated/α-hetero) is 1. The monoisotopic (exact) mass is 267 g/mol. The second-order valence-electron chi connectivity index (χ2n) is 4.87. The molecule has 0 radical (unpaired) electrons. The van der Waals surface area contributed by atoms with Crippen LogP contribution in [0.1, 0.15) is 35.7 Å². The van der Waals surface area contributed by atoms with Crippen LogP contribution in [0.5, 0.6) is 0 Å². The lowest BCUT2D eigenvalue weighted by molar-refractivity contribution is 0.0980. The van der Waals surface area contributed by atoms with E-state index in [2.05, 4.69) is 36.5 Å². The minimum absolute atomic E-state index is 0.231. The summed E-state index contributed by atoms with van der Waals surface area (Å²) in [5, 5.41) is 3.28. The van der Waals surface area contributed by atoms with Crippen LogP contribution in [0.15, 0.2) is 54.6 Å². The van der Waals surface area contributed by atoms with Crippen molar-refractivity contribution in [2.75, 3.05) is 11.9 Å². The fourth-order valence-electron chi connectivity index (χ4n) is 2.21. The molecule has 0 saturated heterocycles. The molecule has 0 aliphatic rings. The van der Waals surface area contributed by atoms with E-state index in [1.165, 1.54) is 5.56 Å². The largest absolute Gasteiger partial charge is 0.385 e. The van der Waals surface area contributed by atoms with E-state index < -0.39 is 0 Å². The maximum Gasteiger partial charge on any atom is 0.162 e. The Morgan fingerprint density at radius 3 is 2.35 bits per heavy atom. The first-order chi connectivity index (χ1) is 9.79. The van der Waals surface area contributed by atoms with Gasteiger partial charge < -0.3 is 5.32 Å². The zero-order valence-corrected chi connectivity index (χ0v) is 11.9. The summed E-state index contributed by atoms with van der Waals surface area (Å²) >= 11 is 0. The first-order valence-electron chi connectivity index (χ1n) is 7.20. The Balaban J connectivity index is 1.79. The summed E-state index contributed by atoms with van der Waals surface area (Å²) in [4.78, 5) is 12.0. The number of rotatable bonds is 7. The van der Waals surface area contributed by atoms with Gasteiger partial charge in [-0.3, -0.25) is 4.79 Å². The summed E-state index contributed by atoms with van der Waals surface area (Å²) in [5.74, 6) is 0.231. The van der Waals surface area contributed by atoms with E-state index >= 15 is 0 Å². The molecule has 0 aromatic heterocycles. The molecule has 0 aliphatic heterocycles. The van der Waals surface area contributed by atoms with Crippen molar-refractivity contribution < 1.29 is 4.79 Å². The highest BCUT2D eigenvalue weighted by molar-refractivity contribution is 5.95. The van der Waals surface area contributed by atoms with E-state index in [1.807, 2.05) is 30.3 Å². The molecule has 2 nitrogen and oxygen atoms in total. The number of aryl methyl sites for hydroxylation is 1. The maximum absolute atomic E-state index is 12.0. The fraction of sp³-hybridized carbons (Fsp3) is 0.278. The third kappa shape index (κ3) is 4.23. The van der Waals surface area contributed by atoms with Gasteiger partial charge in [-0.15, -0.1) is 0 Å². The van der Waals surface area contributed by atoms with E-state index in [9.17, 15) is 4.79 Å². The molecule has 2 heteroatoms. The molecule has 2 aromatic rings. The number of carbonyl (C=O) groups excluding carboxylic acids is 1.